The Morgan fingerprint density at radius 1 is 1.33 bits per heavy atom. The molecule has 1 rings (SSSR count). The van der Waals surface area contributed by atoms with Gasteiger partial charge in [-0.1, -0.05) is 26.0 Å². The van der Waals surface area contributed by atoms with Crippen molar-refractivity contribution in [2.75, 3.05) is 0 Å². The van der Waals surface area contributed by atoms with Crippen molar-refractivity contribution in [3.63, 3.8) is 0 Å². The van der Waals surface area contributed by atoms with E-state index in [0.29, 0.717) is 23.5 Å². The summed E-state index contributed by atoms with van der Waals surface area (Å²) >= 11 is 0. The van der Waals surface area contributed by atoms with Crippen LogP contribution in [0.3, 0.4) is 0 Å². The molecule has 1 aromatic carbocycles. The monoisotopic (exact) mass is 201 g/mol. The molecule has 0 unspecified atom stereocenters. The van der Waals surface area contributed by atoms with Gasteiger partial charge in [-0.3, -0.25) is 4.79 Å². The number of hydrogen-bond acceptors (Lipinski definition) is 2. The number of rotatable bonds is 4. The molecular formula is C13H15NO. The second-order valence-electron chi connectivity index (χ2n) is 4.04. The van der Waals surface area contributed by atoms with Gasteiger partial charge < -0.3 is 0 Å². The fourth-order valence-electron chi connectivity index (χ4n) is 1.29. The molecule has 0 radical (unpaired) electrons. The van der Waals surface area contributed by atoms with Crippen LogP contribution in [-0.2, 0) is 0 Å². The van der Waals surface area contributed by atoms with Gasteiger partial charge in [-0.25, -0.2) is 0 Å². The van der Waals surface area contributed by atoms with Crippen LogP contribution in [-0.4, -0.2) is 5.78 Å². The van der Waals surface area contributed by atoms with E-state index in [-0.39, 0.29) is 5.78 Å². The Morgan fingerprint density at radius 3 is 2.40 bits per heavy atom. The van der Waals surface area contributed by atoms with Crippen molar-refractivity contribution in [1.29, 1.82) is 5.26 Å². The summed E-state index contributed by atoms with van der Waals surface area (Å²) in [5.74, 6) is 0.709. The number of ketones is 1. The second-order valence-corrected chi connectivity index (χ2v) is 4.04. The van der Waals surface area contributed by atoms with Crippen molar-refractivity contribution in [1.82, 2.24) is 0 Å². The van der Waals surface area contributed by atoms with E-state index < -0.39 is 0 Å². The van der Waals surface area contributed by atoms with Crippen molar-refractivity contribution in [3.05, 3.63) is 35.4 Å². The number of carbonyl (C=O) groups excluding carboxylic acids is 1. The van der Waals surface area contributed by atoms with Gasteiger partial charge in [0.15, 0.2) is 5.78 Å². The molecule has 15 heavy (non-hydrogen) atoms. The van der Waals surface area contributed by atoms with Gasteiger partial charge >= 0.3 is 0 Å². The molecule has 0 aliphatic rings. The Hall–Kier alpha value is -1.62. The maximum Gasteiger partial charge on any atom is 0.162 e. The van der Waals surface area contributed by atoms with Gasteiger partial charge in [0.1, 0.15) is 0 Å². The number of nitriles is 1. The zero-order valence-corrected chi connectivity index (χ0v) is 9.16. The Labute approximate surface area is 90.5 Å². The molecule has 78 valence electrons. The summed E-state index contributed by atoms with van der Waals surface area (Å²) in [6, 6.07) is 8.85. The molecule has 0 amide bonds. The molecule has 0 heterocycles. The minimum atomic E-state index is 0.160. The molecular weight excluding hydrogens is 186 g/mol. The minimum Gasteiger partial charge on any atom is -0.294 e. The Balaban J connectivity index is 2.63. The highest BCUT2D eigenvalue weighted by Crippen LogP contribution is 2.11. The Morgan fingerprint density at radius 2 is 1.93 bits per heavy atom. The van der Waals surface area contributed by atoms with E-state index in [1.165, 1.54) is 0 Å². The molecule has 0 fully saturated rings. The van der Waals surface area contributed by atoms with Gasteiger partial charge in [0.05, 0.1) is 11.6 Å². The molecule has 0 bridgehead atoms. The van der Waals surface area contributed by atoms with E-state index in [0.717, 1.165) is 6.42 Å². The van der Waals surface area contributed by atoms with Crippen molar-refractivity contribution in [2.24, 2.45) is 5.92 Å². The predicted molar refractivity (Wildman–Crippen MR) is 59.6 cm³/mol. The van der Waals surface area contributed by atoms with Crippen LogP contribution in [0, 0.1) is 17.2 Å². The van der Waals surface area contributed by atoms with Crippen LogP contribution in [0.25, 0.3) is 0 Å². The lowest BCUT2D eigenvalue weighted by Gasteiger charge is -2.03. The van der Waals surface area contributed by atoms with Crippen LogP contribution in [0.2, 0.25) is 0 Å². The van der Waals surface area contributed by atoms with E-state index in [1.54, 1.807) is 24.3 Å². The first-order valence-corrected chi connectivity index (χ1v) is 5.17. The zero-order valence-electron chi connectivity index (χ0n) is 9.16. The highest BCUT2D eigenvalue weighted by molar-refractivity contribution is 5.96. The molecule has 1 aromatic rings. The minimum absolute atomic E-state index is 0.160. The number of hydrogen-bond donors (Lipinski definition) is 0. The third-order valence-electron chi connectivity index (χ3n) is 2.28. The molecule has 2 heteroatoms. The summed E-state index contributed by atoms with van der Waals surface area (Å²) in [5, 5.41) is 8.61. The van der Waals surface area contributed by atoms with Crippen LogP contribution in [0.1, 0.15) is 42.6 Å². The van der Waals surface area contributed by atoms with Crippen LogP contribution < -0.4 is 0 Å². The molecule has 0 atom stereocenters. The van der Waals surface area contributed by atoms with E-state index in [1.807, 2.05) is 6.07 Å². The van der Waals surface area contributed by atoms with Crippen molar-refractivity contribution in [3.8, 4) is 6.07 Å². The van der Waals surface area contributed by atoms with Gasteiger partial charge in [0.2, 0.25) is 0 Å². The quantitative estimate of drug-likeness (QED) is 0.702. The van der Waals surface area contributed by atoms with Gasteiger partial charge in [0.25, 0.3) is 0 Å². The molecule has 0 aromatic heterocycles. The first-order valence-electron chi connectivity index (χ1n) is 5.17. The standard InChI is InChI=1S/C13H15NO/c1-10(2)3-8-13(15)12-6-4-11(9-14)5-7-12/h4-7,10H,3,8H2,1-2H3. The average molecular weight is 201 g/mol. The maximum absolute atomic E-state index is 11.7. The summed E-state index contributed by atoms with van der Waals surface area (Å²) in [4.78, 5) is 11.7. The van der Waals surface area contributed by atoms with Crippen LogP contribution in [0.15, 0.2) is 24.3 Å². The average Bonchev–Trinajstić information content (AvgIpc) is 2.26. The first-order chi connectivity index (χ1) is 7.13. The molecule has 0 aliphatic heterocycles. The Kier molecular flexibility index (Phi) is 4.05. The van der Waals surface area contributed by atoms with Crippen LogP contribution >= 0.6 is 0 Å². The van der Waals surface area contributed by atoms with Gasteiger partial charge in [-0.15, -0.1) is 0 Å². The summed E-state index contributed by atoms with van der Waals surface area (Å²) in [7, 11) is 0. The molecule has 0 saturated heterocycles. The van der Waals surface area contributed by atoms with Gasteiger partial charge in [-0.2, -0.15) is 5.26 Å². The third kappa shape index (κ3) is 3.55. The highest BCUT2D eigenvalue weighted by atomic mass is 16.1. The fraction of sp³-hybridized carbons (Fsp3) is 0.385. The van der Waals surface area contributed by atoms with E-state index >= 15 is 0 Å². The molecule has 0 aliphatic carbocycles. The topological polar surface area (TPSA) is 40.9 Å². The summed E-state index contributed by atoms with van der Waals surface area (Å²) < 4.78 is 0. The number of nitrogens with zero attached hydrogens (tertiary/aromatic N) is 1. The zero-order chi connectivity index (χ0) is 11.3. The van der Waals surface area contributed by atoms with Crippen molar-refractivity contribution >= 4 is 5.78 Å². The lowest BCUT2D eigenvalue weighted by Crippen LogP contribution is -2.01. The molecule has 0 saturated carbocycles. The van der Waals surface area contributed by atoms with Gasteiger partial charge in [-0.05, 0) is 24.5 Å². The van der Waals surface area contributed by atoms with E-state index in [4.69, 9.17) is 5.26 Å². The maximum atomic E-state index is 11.7. The molecule has 2 nitrogen and oxygen atoms in total. The van der Waals surface area contributed by atoms with Crippen molar-refractivity contribution in [2.45, 2.75) is 26.7 Å². The van der Waals surface area contributed by atoms with Crippen LogP contribution in [0.4, 0.5) is 0 Å². The summed E-state index contributed by atoms with van der Waals surface area (Å²) in [6.07, 6.45) is 1.50. The Bertz CT molecular complexity index is 371. The normalized spacial score (nSPS) is 10.0. The smallest absolute Gasteiger partial charge is 0.162 e. The lowest BCUT2D eigenvalue weighted by molar-refractivity contribution is 0.0975. The largest absolute Gasteiger partial charge is 0.294 e. The summed E-state index contributed by atoms with van der Waals surface area (Å²) in [6.45, 7) is 4.21. The highest BCUT2D eigenvalue weighted by Gasteiger charge is 2.06. The number of Topliss-reactive ketones (excluding diaryl/α,β-unsaturated/α-hetero) is 1. The lowest BCUT2D eigenvalue weighted by atomic mass is 10.0. The summed E-state index contributed by atoms with van der Waals surface area (Å²) in [5.41, 5.74) is 1.30. The first kappa shape index (κ1) is 11.5. The van der Waals surface area contributed by atoms with E-state index in [9.17, 15) is 4.79 Å². The molecule has 0 N–H and O–H groups in total. The molecule has 0 spiro atoms. The number of carbonyl (C=O) groups is 1. The van der Waals surface area contributed by atoms with Gasteiger partial charge in [0, 0.05) is 12.0 Å². The second kappa shape index (κ2) is 5.31. The fourth-order valence-corrected chi connectivity index (χ4v) is 1.29. The van der Waals surface area contributed by atoms with Crippen molar-refractivity contribution < 1.29 is 4.79 Å². The third-order valence-corrected chi connectivity index (χ3v) is 2.28. The SMILES string of the molecule is CC(C)CCC(=O)c1ccc(C#N)cc1. The number of benzene rings is 1. The van der Waals surface area contributed by atoms with Crippen LogP contribution in [0.5, 0.6) is 0 Å². The van der Waals surface area contributed by atoms with E-state index in [2.05, 4.69) is 13.8 Å². The predicted octanol–water partition coefficient (Wildman–Crippen LogP) is 3.18.